The zero-order chi connectivity index (χ0) is 21.9. The van der Waals surface area contributed by atoms with Gasteiger partial charge in [0.05, 0.1) is 11.0 Å². The number of imide groups is 1. The summed E-state index contributed by atoms with van der Waals surface area (Å²) in [7, 11) is 0. The lowest BCUT2D eigenvalue weighted by Crippen LogP contribution is -2.52. The number of imidazole rings is 1. The third-order valence-electron chi connectivity index (χ3n) is 7.97. The van der Waals surface area contributed by atoms with Crippen LogP contribution in [0.1, 0.15) is 57.2 Å². The number of nitrogens with one attached hydrogen (secondary N) is 2. The van der Waals surface area contributed by atoms with Crippen LogP contribution in [0.3, 0.4) is 0 Å². The molecule has 2 N–H and O–H groups in total. The summed E-state index contributed by atoms with van der Waals surface area (Å²) in [6.45, 7) is 0.123. The molecule has 1 aromatic carbocycles. The van der Waals surface area contributed by atoms with Crippen LogP contribution in [0.4, 0.5) is 4.79 Å². The standard InChI is InChI=1S/C24H28N4O4/c29-21(6-5-18-22(30)27-23(31)26-18)32-13-20-25-17-3-1-2-4-19(17)28(20)24-10-14-7-15(11-24)9-16(8-14)12-24/h1-4,14-16,18H,5-13H2,(H2,26,27,30,31). The molecule has 1 aliphatic heterocycles. The van der Waals surface area contributed by atoms with Gasteiger partial charge in [-0.1, -0.05) is 12.1 Å². The molecule has 4 saturated carbocycles. The highest BCUT2D eigenvalue weighted by Crippen LogP contribution is 2.59. The molecule has 1 saturated heterocycles. The molecule has 4 bridgehead atoms. The summed E-state index contributed by atoms with van der Waals surface area (Å²) in [5, 5.41) is 4.69. The van der Waals surface area contributed by atoms with Crippen molar-refractivity contribution in [3.05, 3.63) is 30.1 Å². The van der Waals surface area contributed by atoms with Gasteiger partial charge in [0.2, 0.25) is 0 Å². The van der Waals surface area contributed by atoms with Crippen molar-refractivity contribution in [2.24, 2.45) is 17.8 Å². The summed E-state index contributed by atoms with van der Waals surface area (Å²) >= 11 is 0. The van der Waals surface area contributed by atoms with E-state index in [0.29, 0.717) is 0 Å². The number of aromatic nitrogens is 2. The highest BCUT2D eigenvalue weighted by molar-refractivity contribution is 6.04. The fraction of sp³-hybridized carbons (Fsp3) is 0.583. The molecular weight excluding hydrogens is 408 g/mol. The van der Waals surface area contributed by atoms with Crippen molar-refractivity contribution in [3.8, 4) is 0 Å². The van der Waals surface area contributed by atoms with Gasteiger partial charge in [-0.3, -0.25) is 14.9 Å². The maximum Gasteiger partial charge on any atom is 0.322 e. The van der Waals surface area contributed by atoms with Crippen molar-refractivity contribution >= 4 is 28.9 Å². The number of nitrogens with zero attached hydrogens (tertiary/aromatic N) is 2. The Morgan fingerprint density at radius 3 is 2.44 bits per heavy atom. The number of rotatable bonds is 6. The molecule has 5 aliphatic rings. The van der Waals surface area contributed by atoms with Crippen LogP contribution in [0.25, 0.3) is 11.0 Å². The van der Waals surface area contributed by atoms with E-state index in [1.807, 2.05) is 12.1 Å². The summed E-state index contributed by atoms with van der Waals surface area (Å²) in [5.74, 6) is 2.42. The summed E-state index contributed by atoms with van der Waals surface area (Å²) in [6, 6.07) is 7.02. The molecular formula is C24H28N4O4. The van der Waals surface area contributed by atoms with Gasteiger partial charge < -0.3 is 14.6 Å². The van der Waals surface area contributed by atoms with Crippen molar-refractivity contribution in [1.29, 1.82) is 0 Å². The first-order valence-electron chi connectivity index (χ1n) is 11.7. The van der Waals surface area contributed by atoms with Crippen LogP contribution in [-0.2, 0) is 26.5 Å². The Kier molecular flexibility index (Phi) is 4.52. The topological polar surface area (TPSA) is 102 Å². The molecule has 7 rings (SSSR count). The monoisotopic (exact) mass is 436 g/mol. The van der Waals surface area contributed by atoms with Crippen molar-refractivity contribution in [1.82, 2.24) is 20.2 Å². The number of amides is 3. The number of carbonyl (C=O) groups excluding carboxylic acids is 3. The molecule has 2 aromatic rings. The Labute approximate surface area is 186 Å². The molecule has 8 heteroatoms. The zero-order valence-electron chi connectivity index (χ0n) is 18.0. The van der Waals surface area contributed by atoms with E-state index in [0.717, 1.165) is 34.6 Å². The van der Waals surface area contributed by atoms with E-state index < -0.39 is 18.0 Å². The van der Waals surface area contributed by atoms with E-state index in [2.05, 4.69) is 27.3 Å². The van der Waals surface area contributed by atoms with Crippen LogP contribution >= 0.6 is 0 Å². The van der Waals surface area contributed by atoms with Crippen molar-refractivity contribution in [2.45, 2.75) is 69.6 Å². The number of fused-ring (bicyclic) bond motifs is 1. The maximum absolute atomic E-state index is 12.4. The maximum atomic E-state index is 12.4. The first-order chi connectivity index (χ1) is 15.5. The molecule has 0 radical (unpaired) electrons. The lowest BCUT2D eigenvalue weighted by molar-refractivity contribution is -0.145. The van der Waals surface area contributed by atoms with Gasteiger partial charge in [0, 0.05) is 12.0 Å². The Morgan fingerprint density at radius 1 is 1.09 bits per heavy atom. The second-order valence-corrected chi connectivity index (χ2v) is 10.2. The average Bonchev–Trinajstić information content (AvgIpc) is 3.28. The SMILES string of the molecule is O=C1NC(=O)C(CCC(=O)OCc2nc3ccccc3n2C23CC4CC(CC(C4)C2)C3)N1. The first-order valence-corrected chi connectivity index (χ1v) is 11.7. The van der Waals surface area contributed by atoms with Crippen molar-refractivity contribution < 1.29 is 19.1 Å². The Morgan fingerprint density at radius 2 is 1.78 bits per heavy atom. The normalized spacial score (nSPS) is 32.9. The van der Waals surface area contributed by atoms with Crippen LogP contribution in [-0.4, -0.2) is 33.5 Å². The first kappa shape index (κ1) is 19.8. The van der Waals surface area contributed by atoms with Crippen LogP contribution in [0.2, 0.25) is 0 Å². The van der Waals surface area contributed by atoms with Gasteiger partial charge in [0.15, 0.2) is 0 Å². The summed E-state index contributed by atoms with van der Waals surface area (Å²) in [5.41, 5.74) is 2.16. The molecule has 0 spiro atoms. The number of hydrogen-bond acceptors (Lipinski definition) is 5. The fourth-order valence-electron chi connectivity index (χ4n) is 7.18. The highest BCUT2D eigenvalue weighted by atomic mass is 16.5. The number of urea groups is 1. The molecule has 1 atom stereocenters. The number of hydrogen-bond donors (Lipinski definition) is 2. The van der Waals surface area contributed by atoms with Crippen molar-refractivity contribution in [3.63, 3.8) is 0 Å². The predicted octanol–water partition coefficient (Wildman–Crippen LogP) is 2.99. The van der Waals surface area contributed by atoms with Crippen molar-refractivity contribution in [2.75, 3.05) is 0 Å². The number of ether oxygens (including phenoxy) is 1. The van der Waals surface area contributed by atoms with Gasteiger partial charge in [0.25, 0.3) is 5.91 Å². The van der Waals surface area contributed by atoms with Crippen LogP contribution in [0, 0.1) is 17.8 Å². The van der Waals surface area contributed by atoms with Gasteiger partial charge in [0.1, 0.15) is 18.5 Å². The largest absolute Gasteiger partial charge is 0.458 e. The third-order valence-corrected chi connectivity index (χ3v) is 7.97. The lowest BCUT2D eigenvalue weighted by Gasteiger charge is -2.57. The van der Waals surface area contributed by atoms with Gasteiger partial charge in [-0.05, 0) is 74.8 Å². The minimum atomic E-state index is -0.674. The second kappa shape index (κ2) is 7.32. The Bertz CT molecular complexity index is 1070. The van der Waals surface area contributed by atoms with E-state index in [1.165, 1.54) is 38.5 Å². The van der Waals surface area contributed by atoms with Crippen LogP contribution in [0.5, 0.6) is 0 Å². The van der Waals surface area contributed by atoms with E-state index in [9.17, 15) is 14.4 Å². The number of para-hydroxylation sites is 2. The molecule has 5 fully saturated rings. The lowest BCUT2D eigenvalue weighted by atomic mass is 9.53. The molecule has 4 aliphatic carbocycles. The van der Waals surface area contributed by atoms with Crippen LogP contribution in [0.15, 0.2) is 24.3 Å². The minimum Gasteiger partial charge on any atom is -0.458 e. The molecule has 8 nitrogen and oxygen atoms in total. The highest BCUT2D eigenvalue weighted by Gasteiger charge is 2.52. The van der Waals surface area contributed by atoms with E-state index >= 15 is 0 Å². The quantitative estimate of drug-likeness (QED) is 0.535. The molecule has 1 aromatic heterocycles. The second-order valence-electron chi connectivity index (χ2n) is 10.2. The van der Waals surface area contributed by atoms with E-state index in [1.54, 1.807) is 0 Å². The zero-order valence-corrected chi connectivity index (χ0v) is 18.0. The molecule has 1 unspecified atom stereocenters. The fourth-order valence-corrected chi connectivity index (χ4v) is 7.18. The summed E-state index contributed by atoms with van der Waals surface area (Å²) in [4.78, 5) is 40.2. The molecule has 168 valence electrons. The summed E-state index contributed by atoms with van der Waals surface area (Å²) < 4.78 is 8.02. The third kappa shape index (κ3) is 3.27. The van der Waals surface area contributed by atoms with Gasteiger partial charge in [-0.15, -0.1) is 0 Å². The Balaban J connectivity index is 1.22. The molecule has 2 heterocycles. The molecule has 3 amide bonds. The minimum absolute atomic E-state index is 0.0654. The Hall–Kier alpha value is -2.90. The van der Waals surface area contributed by atoms with Gasteiger partial charge in [-0.2, -0.15) is 0 Å². The number of esters is 1. The number of carbonyl (C=O) groups is 3. The smallest absolute Gasteiger partial charge is 0.322 e. The summed E-state index contributed by atoms with van der Waals surface area (Å²) in [6.07, 6.45) is 7.95. The van der Waals surface area contributed by atoms with E-state index in [-0.39, 0.29) is 31.0 Å². The predicted molar refractivity (Wildman–Crippen MR) is 115 cm³/mol. The average molecular weight is 437 g/mol. The molecule has 32 heavy (non-hydrogen) atoms. The van der Waals surface area contributed by atoms with Crippen LogP contribution < -0.4 is 10.6 Å². The van der Waals surface area contributed by atoms with Gasteiger partial charge >= 0.3 is 12.0 Å². The van der Waals surface area contributed by atoms with Gasteiger partial charge in [-0.25, -0.2) is 9.78 Å². The van der Waals surface area contributed by atoms with E-state index in [4.69, 9.17) is 9.72 Å². The number of benzene rings is 1.